The summed E-state index contributed by atoms with van der Waals surface area (Å²) in [6.45, 7) is 6.15. The van der Waals surface area contributed by atoms with Crippen LogP contribution in [0.2, 0.25) is 5.02 Å². The zero-order chi connectivity index (χ0) is 23.1. The Labute approximate surface area is 195 Å². The molecular formula is C27H31ClN2O2. The molecule has 0 saturated carbocycles. The number of carbonyl (C=O) groups excluding carboxylic acids is 2. The number of nitrogens with one attached hydrogen (secondary N) is 1. The van der Waals surface area contributed by atoms with Gasteiger partial charge in [-0.05, 0) is 60.7 Å². The molecule has 0 aliphatic rings. The molecule has 0 spiro atoms. The minimum atomic E-state index is -0.570. The van der Waals surface area contributed by atoms with Crippen LogP contribution >= 0.6 is 11.6 Å². The quantitative estimate of drug-likeness (QED) is 0.450. The highest BCUT2D eigenvalue weighted by molar-refractivity contribution is 6.30. The van der Waals surface area contributed by atoms with Crippen LogP contribution in [0.25, 0.3) is 10.8 Å². The van der Waals surface area contributed by atoms with Crippen molar-refractivity contribution in [3.8, 4) is 0 Å². The lowest BCUT2D eigenvalue weighted by molar-refractivity contribution is -0.140. The highest BCUT2D eigenvalue weighted by atomic mass is 35.5. The third kappa shape index (κ3) is 6.10. The fraction of sp³-hybridized carbons (Fsp3) is 0.333. The van der Waals surface area contributed by atoms with Gasteiger partial charge in [-0.25, -0.2) is 0 Å². The van der Waals surface area contributed by atoms with E-state index in [1.807, 2.05) is 44.2 Å². The molecule has 0 aliphatic carbocycles. The molecule has 0 heterocycles. The molecule has 5 heteroatoms. The van der Waals surface area contributed by atoms with Gasteiger partial charge in [-0.2, -0.15) is 0 Å². The zero-order valence-corrected chi connectivity index (χ0v) is 19.7. The highest BCUT2D eigenvalue weighted by Gasteiger charge is 2.26. The molecule has 2 atom stereocenters. The Bertz CT molecular complexity index is 1060. The van der Waals surface area contributed by atoms with Crippen LogP contribution in [0, 0.1) is 0 Å². The predicted octanol–water partition coefficient (Wildman–Crippen LogP) is 5.76. The first-order valence-corrected chi connectivity index (χ1v) is 11.6. The van der Waals surface area contributed by atoms with Gasteiger partial charge in [0.15, 0.2) is 0 Å². The summed E-state index contributed by atoms with van der Waals surface area (Å²) < 4.78 is 0. The van der Waals surface area contributed by atoms with Crippen LogP contribution in [0.3, 0.4) is 0 Å². The summed E-state index contributed by atoms with van der Waals surface area (Å²) in [5, 5.41) is 5.97. The Morgan fingerprint density at radius 2 is 1.66 bits per heavy atom. The molecule has 3 aromatic rings. The first-order chi connectivity index (χ1) is 15.4. The Morgan fingerprint density at radius 3 is 2.38 bits per heavy atom. The number of benzene rings is 3. The smallest absolute Gasteiger partial charge is 0.242 e. The van der Waals surface area contributed by atoms with Crippen LogP contribution in [0.5, 0.6) is 0 Å². The summed E-state index contributed by atoms with van der Waals surface area (Å²) in [6, 6.07) is 21.3. The molecule has 1 N–H and O–H groups in total. The summed E-state index contributed by atoms with van der Waals surface area (Å²) in [4.78, 5) is 27.8. The third-order valence-electron chi connectivity index (χ3n) is 5.92. The number of hydrogen-bond donors (Lipinski definition) is 1. The molecule has 3 rings (SSSR count). The van der Waals surface area contributed by atoms with Crippen LogP contribution in [0.1, 0.15) is 44.7 Å². The van der Waals surface area contributed by atoms with Crippen molar-refractivity contribution in [1.82, 2.24) is 10.2 Å². The molecule has 0 unspecified atom stereocenters. The maximum Gasteiger partial charge on any atom is 0.242 e. The first kappa shape index (κ1) is 23.8. The monoisotopic (exact) mass is 450 g/mol. The minimum Gasteiger partial charge on any atom is -0.352 e. The molecule has 2 amide bonds. The lowest BCUT2D eigenvalue weighted by atomic mass is 10.0. The van der Waals surface area contributed by atoms with Gasteiger partial charge in [0.1, 0.15) is 6.04 Å². The van der Waals surface area contributed by atoms with Crippen molar-refractivity contribution in [2.75, 3.05) is 0 Å². The van der Waals surface area contributed by atoms with Gasteiger partial charge in [-0.1, -0.05) is 73.1 Å². The number of aryl methyl sites for hydroxylation is 1. The predicted molar refractivity (Wildman–Crippen MR) is 132 cm³/mol. The van der Waals surface area contributed by atoms with Crippen molar-refractivity contribution < 1.29 is 9.59 Å². The van der Waals surface area contributed by atoms with E-state index in [1.54, 1.807) is 24.0 Å². The summed E-state index contributed by atoms with van der Waals surface area (Å²) >= 11 is 6.02. The molecule has 0 aromatic heterocycles. The number of amides is 2. The number of rotatable bonds is 9. The van der Waals surface area contributed by atoms with Gasteiger partial charge < -0.3 is 10.2 Å². The van der Waals surface area contributed by atoms with Crippen LogP contribution < -0.4 is 5.32 Å². The van der Waals surface area contributed by atoms with E-state index in [-0.39, 0.29) is 17.9 Å². The summed E-state index contributed by atoms with van der Waals surface area (Å²) in [5.41, 5.74) is 2.08. The Kier molecular flexibility index (Phi) is 8.29. The van der Waals surface area contributed by atoms with Crippen LogP contribution in [0.15, 0.2) is 66.7 Å². The van der Waals surface area contributed by atoms with E-state index < -0.39 is 6.04 Å². The van der Waals surface area contributed by atoms with Crippen molar-refractivity contribution in [3.05, 3.63) is 82.9 Å². The van der Waals surface area contributed by atoms with Crippen LogP contribution in [0.4, 0.5) is 0 Å². The second-order valence-electron chi connectivity index (χ2n) is 8.28. The molecule has 0 aliphatic heterocycles. The molecule has 0 fully saturated rings. The fourth-order valence-electron chi connectivity index (χ4n) is 3.73. The zero-order valence-electron chi connectivity index (χ0n) is 19.0. The third-order valence-corrected chi connectivity index (χ3v) is 6.17. The second kappa shape index (κ2) is 11.1. The molecule has 3 aromatic carbocycles. The van der Waals surface area contributed by atoms with Crippen molar-refractivity contribution in [1.29, 1.82) is 0 Å². The molecule has 168 valence electrons. The number of halogens is 1. The van der Waals surface area contributed by atoms with Crippen LogP contribution in [-0.4, -0.2) is 28.8 Å². The van der Waals surface area contributed by atoms with Crippen LogP contribution in [-0.2, 0) is 22.6 Å². The van der Waals surface area contributed by atoms with E-state index in [0.717, 1.165) is 28.3 Å². The maximum absolute atomic E-state index is 13.3. The van der Waals surface area contributed by atoms with Crippen molar-refractivity contribution in [3.63, 3.8) is 0 Å². The second-order valence-corrected chi connectivity index (χ2v) is 8.72. The van der Waals surface area contributed by atoms with Gasteiger partial charge in [0, 0.05) is 24.0 Å². The van der Waals surface area contributed by atoms with Gasteiger partial charge in [0.2, 0.25) is 11.8 Å². The van der Waals surface area contributed by atoms with E-state index in [2.05, 4.69) is 29.6 Å². The van der Waals surface area contributed by atoms with E-state index in [4.69, 9.17) is 11.6 Å². The number of carbonyl (C=O) groups is 2. The summed E-state index contributed by atoms with van der Waals surface area (Å²) in [6.07, 6.45) is 1.80. The molecule has 0 saturated heterocycles. The number of nitrogens with zero attached hydrogens (tertiary/aromatic N) is 1. The van der Waals surface area contributed by atoms with Gasteiger partial charge in [0.05, 0.1) is 0 Å². The van der Waals surface area contributed by atoms with Crippen molar-refractivity contribution in [2.45, 2.75) is 58.7 Å². The molecule has 0 bridgehead atoms. The summed E-state index contributed by atoms with van der Waals surface area (Å²) in [5.74, 6) is -0.175. The molecular weight excluding hydrogens is 420 g/mol. The van der Waals surface area contributed by atoms with Gasteiger partial charge in [-0.3, -0.25) is 9.59 Å². The van der Waals surface area contributed by atoms with E-state index in [1.165, 1.54) is 0 Å². The lowest BCUT2D eigenvalue weighted by Gasteiger charge is -2.30. The van der Waals surface area contributed by atoms with Gasteiger partial charge >= 0.3 is 0 Å². The standard InChI is InChI=1S/C27H31ClN2O2/c1-4-19(2)29-27(32)20(3)30(18-21-12-15-24(28)16-13-21)26(31)17-14-23-10-7-9-22-8-5-6-11-25(22)23/h5-13,15-16,19-20H,4,14,17-18H2,1-3H3,(H,29,32)/t19-,20+/m0/s1. The minimum absolute atomic E-state index is 0.0420. The Hall–Kier alpha value is -2.85. The molecule has 32 heavy (non-hydrogen) atoms. The Morgan fingerprint density at radius 1 is 0.969 bits per heavy atom. The van der Waals surface area contributed by atoms with Gasteiger partial charge in [0.25, 0.3) is 0 Å². The van der Waals surface area contributed by atoms with E-state index in [0.29, 0.717) is 24.4 Å². The fourth-order valence-corrected chi connectivity index (χ4v) is 3.86. The Balaban J connectivity index is 1.78. The normalized spacial score (nSPS) is 12.9. The molecule has 0 radical (unpaired) electrons. The molecule has 4 nitrogen and oxygen atoms in total. The lowest BCUT2D eigenvalue weighted by Crippen LogP contribution is -2.49. The van der Waals surface area contributed by atoms with E-state index in [9.17, 15) is 9.59 Å². The van der Waals surface area contributed by atoms with Crippen molar-refractivity contribution >= 4 is 34.2 Å². The first-order valence-electron chi connectivity index (χ1n) is 11.2. The average Bonchev–Trinajstić information content (AvgIpc) is 2.81. The topological polar surface area (TPSA) is 49.4 Å². The SMILES string of the molecule is CC[C@H](C)NC(=O)[C@@H](C)N(Cc1ccc(Cl)cc1)C(=O)CCc1cccc2ccccc12. The van der Waals surface area contributed by atoms with Crippen molar-refractivity contribution in [2.24, 2.45) is 0 Å². The highest BCUT2D eigenvalue weighted by Crippen LogP contribution is 2.21. The van der Waals surface area contributed by atoms with E-state index >= 15 is 0 Å². The number of fused-ring (bicyclic) bond motifs is 1. The maximum atomic E-state index is 13.3. The van der Waals surface area contributed by atoms with Gasteiger partial charge in [-0.15, -0.1) is 0 Å². The number of hydrogen-bond acceptors (Lipinski definition) is 2. The largest absolute Gasteiger partial charge is 0.352 e. The average molecular weight is 451 g/mol. The summed E-state index contributed by atoms with van der Waals surface area (Å²) in [7, 11) is 0.